The van der Waals surface area contributed by atoms with E-state index in [0.717, 1.165) is 122 Å². The molecule has 12 aromatic rings. The van der Waals surface area contributed by atoms with Gasteiger partial charge in [-0.25, -0.2) is 9.97 Å². The van der Waals surface area contributed by atoms with Gasteiger partial charge in [-0.1, -0.05) is 121 Å². The number of aromatic hydroxyl groups is 1. The normalized spacial score (nSPS) is 11.6. The molecule has 12 rings (SSSR count). The van der Waals surface area contributed by atoms with Gasteiger partial charge in [0.1, 0.15) is 17.0 Å². The Kier molecular flexibility index (Phi) is 8.98. The lowest BCUT2D eigenvalue weighted by Gasteiger charge is -2.18. The Morgan fingerprint density at radius 3 is 1.23 bits per heavy atom. The van der Waals surface area contributed by atoms with Crippen molar-refractivity contribution in [3.8, 4) is 83.8 Å². The molecule has 65 heavy (non-hydrogen) atoms. The van der Waals surface area contributed by atoms with E-state index in [1.54, 1.807) is 18.3 Å². The fourth-order valence-corrected chi connectivity index (χ4v) is 9.57. The molecule has 0 aliphatic heterocycles. The summed E-state index contributed by atoms with van der Waals surface area (Å²) in [4.78, 5) is 14.2. The van der Waals surface area contributed by atoms with Crippen LogP contribution in [0.3, 0.4) is 0 Å². The van der Waals surface area contributed by atoms with E-state index in [-0.39, 0.29) is 5.75 Å². The summed E-state index contributed by atoms with van der Waals surface area (Å²) in [7, 11) is 0. The first-order valence-corrected chi connectivity index (χ1v) is 21.9. The minimum atomic E-state index is 0.196. The van der Waals surface area contributed by atoms with Gasteiger partial charge in [-0.3, -0.25) is 4.98 Å². The quantitative estimate of drug-likeness (QED) is 0.174. The summed E-state index contributed by atoms with van der Waals surface area (Å²) in [5.41, 5.74) is 19.2. The maximum absolute atomic E-state index is 10.2. The van der Waals surface area contributed by atoms with Crippen LogP contribution in [0.2, 0.25) is 0 Å². The van der Waals surface area contributed by atoms with E-state index in [9.17, 15) is 5.11 Å². The zero-order valence-electron chi connectivity index (χ0n) is 35.8. The zero-order valence-corrected chi connectivity index (χ0v) is 35.8. The van der Waals surface area contributed by atoms with Crippen LogP contribution < -0.4 is 0 Å². The molecule has 0 fully saturated rings. The van der Waals surface area contributed by atoms with Crippen LogP contribution in [0.25, 0.3) is 111 Å². The van der Waals surface area contributed by atoms with Crippen molar-refractivity contribution in [1.29, 1.82) is 0 Å². The van der Waals surface area contributed by atoms with Gasteiger partial charge in [0, 0.05) is 53.4 Å². The topological polar surface area (TPSA) is 67.7 Å². The van der Waals surface area contributed by atoms with Crippen LogP contribution in [0.15, 0.2) is 207 Å². The highest BCUT2D eigenvalue weighted by atomic mass is 16.3. The van der Waals surface area contributed by atoms with Gasteiger partial charge in [0.25, 0.3) is 0 Å². The van der Waals surface area contributed by atoms with Gasteiger partial charge in [-0.15, -0.1) is 0 Å². The van der Waals surface area contributed by atoms with E-state index in [0.29, 0.717) is 0 Å². The van der Waals surface area contributed by atoms with Crippen LogP contribution in [-0.2, 0) is 0 Å². The molecular formula is C59H41N5O. The lowest BCUT2D eigenvalue weighted by molar-refractivity contribution is 0.475. The molecule has 0 aliphatic carbocycles. The first-order chi connectivity index (χ1) is 31.9. The maximum atomic E-state index is 10.2. The standard InChI is InChI=1S/C59H41N5O/c1-37-35-63-27-24-43-29-41(19-21-55(43)58(63)61-37)50-10-4-7-13-53(50)46-31-45(52-12-6-3-9-49(52)39-15-17-40(18-16-39)57-34-48(65)23-26-60-57)32-47(33-46)54-14-8-5-11-51(54)42-20-22-56-44(30-42)25-28-64-36-38(2)62-59(56)64/h3-36H,1-2H3,(H,60,65). The fraction of sp³-hybridized carbons (Fsp3) is 0.0339. The van der Waals surface area contributed by atoms with Crippen molar-refractivity contribution in [2.75, 3.05) is 0 Å². The SMILES string of the molecule is Cc1cn2ccc3cc(-c4ccccc4-c4cc(-c5ccccc5-c5ccc(-c6cc(O)ccn6)cc5)cc(-c5ccccc5-c5ccc6c(ccn7cc(C)nc67)c5)c4)ccc3c2n1. The van der Waals surface area contributed by atoms with Gasteiger partial charge in [-0.2, -0.15) is 0 Å². The molecule has 0 spiro atoms. The molecule has 5 aromatic heterocycles. The molecule has 6 heteroatoms. The van der Waals surface area contributed by atoms with E-state index in [4.69, 9.17) is 9.97 Å². The number of aromatic nitrogens is 5. The Balaban J connectivity index is 1.04. The summed E-state index contributed by atoms with van der Waals surface area (Å²) >= 11 is 0. The van der Waals surface area contributed by atoms with Gasteiger partial charge in [0.05, 0.1) is 17.1 Å². The molecule has 0 aliphatic rings. The largest absolute Gasteiger partial charge is 0.508 e. The molecule has 0 amide bonds. The van der Waals surface area contributed by atoms with Crippen molar-refractivity contribution >= 4 is 32.8 Å². The zero-order chi connectivity index (χ0) is 43.6. The average Bonchev–Trinajstić information content (AvgIpc) is 3.95. The molecule has 5 heterocycles. The monoisotopic (exact) mass is 835 g/mol. The van der Waals surface area contributed by atoms with Crippen LogP contribution in [-0.4, -0.2) is 28.9 Å². The second-order valence-corrected chi connectivity index (χ2v) is 16.9. The molecule has 1 N–H and O–H groups in total. The Hall–Kier alpha value is -8.61. The predicted molar refractivity (Wildman–Crippen MR) is 266 cm³/mol. The molecule has 7 aromatic carbocycles. The van der Waals surface area contributed by atoms with Crippen LogP contribution in [0.1, 0.15) is 11.4 Å². The lowest BCUT2D eigenvalue weighted by atomic mass is 9.86. The summed E-state index contributed by atoms with van der Waals surface area (Å²) in [6.07, 6.45) is 9.98. The molecular weight excluding hydrogens is 795 g/mol. The number of pyridine rings is 3. The minimum absolute atomic E-state index is 0.196. The molecule has 0 radical (unpaired) electrons. The van der Waals surface area contributed by atoms with Crippen molar-refractivity contribution < 1.29 is 5.11 Å². The van der Waals surface area contributed by atoms with Gasteiger partial charge >= 0.3 is 0 Å². The number of aryl methyl sites for hydroxylation is 2. The van der Waals surface area contributed by atoms with Crippen molar-refractivity contribution in [1.82, 2.24) is 23.8 Å². The van der Waals surface area contributed by atoms with Gasteiger partial charge < -0.3 is 13.9 Å². The Morgan fingerprint density at radius 2 is 0.785 bits per heavy atom. The molecule has 308 valence electrons. The van der Waals surface area contributed by atoms with Crippen LogP contribution in [0.5, 0.6) is 5.75 Å². The molecule has 6 nitrogen and oxygen atoms in total. The second kappa shape index (κ2) is 15.3. The van der Waals surface area contributed by atoms with Crippen LogP contribution in [0, 0.1) is 13.8 Å². The number of rotatable bonds is 7. The second-order valence-electron chi connectivity index (χ2n) is 16.9. The summed E-state index contributed by atoms with van der Waals surface area (Å²) in [6.45, 7) is 4.08. The number of imidazole rings is 2. The summed E-state index contributed by atoms with van der Waals surface area (Å²) in [6, 6.07) is 62.8. The van der Waals surface area contributed by atoms with E-state index in [2.05, 4.69) is 202 Å². The maximum Gasteiger partial charge on any atom is 0.144 e. The Morgan fingerprint density at radius 1 is 0.385 bits per heavy atom. The van der Waals surface area contributed by atoms with E-state index < -0.39 is 0 Å². The summed E-state index contributed by atoms with van der Waals surface area (Å²) < 4.78 is 4.21. The Labute approximate surface area is 376 Å². The van der Waals surface area contributed by atoms with E-state index >= 15 is 0 Å². The van der Waals surface area contributed by atoms with E-state index in [1.807, 2.05) is 13.8 Å². The Bertz CT molecular complexity index is 3640. The molecule has 0 saturated heterocycles. The van der Waals surface area contributed by atoms with Crippen molar-refractivity contribution in [3.63, 3.8) is 0 Å². The predicted octanol–water partition coefficient (Wildman–Crippen LogP) is 14.7. The van der Waals surface area contributed by atoms with Gasteiger partial charge in [0.2, 0.25) is 0 Å². The third-order valence-corrected chi connectivity index (χ3v) is 12.6. The highest BCUT2D eigenvalue weighted by molar-refractivity contribution is 6.01. The number of hydrogen-bond donors (Lipinski definition) is 1. The number of benzene rings is 7. The van der Waals surface area contributed by atoms with Crippen molar-refractivity contribution in [2.24, 2.45) is 0 Å². The third-order valence-electron chi connectivity index (χ3n) is 12.6. The molecule has 0 atom stereocenters. The lowest BCUT2D eigenvalue weighted by Crippen LogP contribution is -1.92. The average molecular weight is 836 g/mol. The minimum Gasteiger partial charge on any atom is -0.508 e. The van der Waals surface area contributed by atoms with Crippen molar-refractivity contribution in [3.05, 3.63) is 218 Å². The van der Waals surface area contributed by atoms with Gasteiger partial charge in [0.15, 0.2) is 0 Å². The number of hydrogen-bond acceptors (Lipinski definition) is 4. The number of nitrogens with zero attached hydrogens (tertiary/aromatic N) is 5. The highest BCUT2D eigenvalue weighted by Gasteiger charge is 2.18. The summed E-state index contributed by atoms with van der Waals surface area (Å²) in [5.74, 6) is 0.196. The highest BCUT2D eigenvalue weighted by Crippen LogP contribution is 2.43. The first kappa shape index (κ1) is 38.1. The van der Waals surface area contributed by atoms with Crippen LogP contribution >= 0.6 is 0 Å². The van der Waals surface area contributed by atoms with Gasteiger partial charge in [-0.05, 0) is 140 Å². The fourth-order valence-electron chi connectivity index (χ4n) is 9.57. The summed E-state index contributed by atoms with van der Waals surface area (Å²) in [5, 5.41) is 14.7. The van der Waals surface area contributed by atoms with Crippen molar-refractivity contribution in [2.45, 2.75) is 13.8 Å². The molecule has 0 bridgehead atoms. The smallest absolute Gasteiger partial charge is 0.144 e. The number of fused-ring (bicyclic) bond motifs is 6. The first-order valence-electron chi connectivity index (χ1n) is 21.9. The molecule has 0 unspecified atom stereocenters. The van der Waals surface area contributed by atoms with Crippen LogP contribution in [0.4, 0.5) is 0 Å². The molecule has 0 saturated carbocycles. The third kappa shape index (κ3) is 6.80. The van der Waals surface area contributed by atoms with E-state index in [1.165, 1.54) is 0 Å².